The van der Waals surface area contributed by atoms with Crippen LogP contribution in [0.2, 0.25) is 5.02 Å². The molecule has 0 saturated carbocycles. The third-order valence-electron chi connectivity index (χ3n) is 4.20. The van der Waals surface area contributed by atoms with Crippen molar-refractivity contribution in [1.82, 2.24) is 0 Å². The molecular weight excluding hydrogens is 360 g/mol. The summed E-state index contributed by atoms with van der Waals surface area (Å²) in [5, 5.41) is 3.34. The Bertz CT molecular complexity index is 912. The summed E-state index contributed by atoms with van der Waals surface area (Å²) < 4.78 is 25.9. The minimum Gasteiger partial charge on any atom is -0.322 e. The van der Waals surface area contributed by atoms with Crippen LogP contribution in [0.15, 0.2) is 42.5 Å². The average Bonchev–Trinajstić information content (AvgIpc) is 2.61. The lowest BCUT2D eigenvalue weighted by molar-refractivity contribution is 0.102. The van der Waals surface area contributed by atoms with Crippen molar-refractivity contribution in [2.24, 2.45) is 0 Å². The summed E-state index contributed by atoms with van der Waals surface area (Å²) in [6.07, 6.45) is 1.55. The molecule has 2 aromatic rings. The lowest BCUT2D eigenvalue weighted by Gasteiger charge is -2.30. The Labute approximate surface area is 152 Å². The van der Waals surface area contributed by atoms with E-state index in [9.17, 15) is 13.2 Å². The number of nitrogens with zero attached hydrogens (tertiary/aromatic N) is 1. The number of fused-ring (bicyclic) bond motifs is 1. The van der Waals surface area contributed by atoms with Crippen LogP contribution in [0.25, 0.3) is 0 Å². The molecule has 1 amide bonds. The zero-order valence-corrected chi connectivity index (χ0v) is 15.4. The van der Waals surface area contributed by atoms with Gasteiger partial charge in [0.2, 0.25) is 10.0 Å². The van der Waals surface area contributed by atoms with Crippen molar-refractivity contribution in [2.75, 3.05) is 21.9 Å². The molecule has 2 aromatic carbocycles. The van der Waals surface area contributed by atoms with Gasteiger partial charge in [0.25, 0.3) is 5.91 Å². The third-order valence-corrected chi connectivity index (χ3v) is 6.22. The number of halogens is 1. The van der Waals surface area contributed by atoms with E-state index in [1.54, 1.807) is 43.3 Å². The zero-order chi connectivity index (χ0) is 18.0. The first kappa shape index (κ1) is 17.8. The highest BCUT2D eigenvalue weighted by Crippen LogP contribution is 2.32. The smallest absolute Gasteiger partial charge is 0.255 e. The van der Waals surface area contributed by atoms with Gasteiger partial charge < -0.3 is 5.32 Å². The van der Waals surface area contributed by atoms with E-state index in [-0.39, 0.29) is 11.7 Å². The molecule has 0 aliphatic carbocycles. The summed E-state index contributed by atoms with van der Waals surface area (Å²) in [5.74, 6) is -0.184. The Hall–Kier alpha value is -2.05. The predicted molar refractivity (Wildman–Crippen MR) is 101 cm³/mol. The minimum atomic E-state index is -3.29. The zero-order valence-electron chi connectivity index (χ0n) is 13.8. The fourth-order valence-corrected chi connectivity index (χ4v) is 4.31. The highest BCUT2D eigenvalue weighted by atomic mass is 35.5. The molecule has 0 bridgehead atoms. The monoisotopic (exact) mass is 378 g/mol. The Balaban J connectivity index is 1.85. The molecule has 0 unspecified atom stereocenters. The van der Waals surface area contributed by atoms with Crippen molar-refractivity contribution in [3.8, 4) is 0 Å². The molecule has 0 atom stereocenters. The molecule has 5 nitrogen and oxygen atoms in total. The Morgan fingerprint density at radius 1 is 1.24 bits per heavy atom. The number of sulfonamides is 1. The highest BCUT2D eigenvalue weighted by Gasteiger charge is 2.26. The van der Waals surface area contributed by atoms with Crippen molar-refractivity contribution in [2.45, 2.75) is 19.8 Å². The van der Waals surface area contributed by atoms with E-state index in [0.717, 1.165) is 18.4 Å². The second-order valence-electron chi connectivity index (χ2n) is 5.88. The first-order valence-electron chi connectivity index (χ1n) is 8.11. The molecule has 7 heteroatoms. The number of aryl methyl sites for hydroxylation is 1. The van der Waals surface area contributed by atoms with Crippen LogP contribution in [-0.2, 0) is 16.4 Å². The van der Waals surface area contributed by atoms with Crippen LogP contribution in [0.1, 0.15) is 29.3 Å². The maximum atomic E-state index is 12.3. The molecular formula is C18H19ClN2O3S. The number of carbonyl (C=O) groups excluding carboxylic acids is 1. The van der Waals surface area contributed by atoms with Gasteiger partial charge in [0.05, 0.1) is 11.4 Å². The van der Waals surface area contributed by atoms with Gasteiger partial charge in [-0.2, -0.15) is 0 Å². The van der Waals surface area contributed by atoms with Crippen LogP contribution >= 0.6 is 11.6 Å². The average molecular weight is 379 g/mol. The molecule has 0 fully saturated rings. The maximum Gasteiger partial charge on any atom is 0.255 e. The molecule has 25 heavy (non-hydrogen) atoms. The molecule has 1 aliphatic heterocycles. The first-order chi connectivity index (χ1) is 11.9. The SMILES string of the molecule is CCS(=O)(=O)N1CCCc2cc(NC(=O)c3cccc(Cl)c3)ccc21. The van der Waals surface area contributed by atoms with Crippen molar-refractivity contribution < 1.29 is 13.2 Å². The maximum absolute atomic E-state index is 12.3. The van der Waals surface area contributed by atoms with Gasteiger partial charge in [-0.3, -0.25) is 9.10 Å². The van der Waals surface area contributed by atoms with Crippen molar-refractivity contribution >= 4 is 38.9 Å². The number of benzene rings is 2. The standard InChI is InChI=1S/C18H19ClN2O3S/c1-2-25(23,24)21-10-4-6-13-12-16(8-9-17(13)21)20-18(22)14-5-3-7-15(19)11-14/h3,5,7-9,11-12H,2,4,6,10H2,1H3,(H,20,22). The predicted octanol–water partition coefficient (Wildman–Crippen LogP) is 3.69. The van der Waals surface area contributed by atoms with Gasteiger partial charge in [0.15, 0.2) is 0 Å². The molecule has 0 spiro atoms. The Kier molecular flexibility index (Phi) is 5.01. The van der Waals surface area contributed by atoms with Gasteiger partial charge in [-0.25, -0.2) is 8.42 Å². The summed E-state index contributed by atoms with van der Waals surface area (Å²) >= 11 is 5.92. The third kappa shape index (κ3) is 3.80. The molecule has 132 valence electrons. The number of hydrogen-bond acceptors (Lipinski definition) is 3. The van der Waals surface area contributed by atoms with Crippen molar-refractivity contribution in [3.63, 3.8) is 0 Å². The lowest BCUT2D eigenvalue weighted by Crippen LogP contribution is -2.36. The van der Waals surface area contributed by atoms with Gasteiger partial charge in [-0.15, -0.1) is 0 Å². The second-order valence-corrected chi connectivity index (χ2v) is 8.50. The second kappa shape index (κ2) is 7.06. The van der Waals surface area contributed by atoms with E-state index in [0.29, 0.717) is 28.5 Å². The number of nitrogens with one attached hydrogen (secondary N) is 1. The fourth-order valence-electron chi connectivity index (χ4n) is 2.92. The van der Waals surface area contributed by atoms with E-state index in [2.05, 4.69) is 5.32 Å². The van der Waals surface area contributed by atoms with Crippen LogP contribution in [0, 0.1) is 0 Å². The largest absolute Gasteiger partial charge is 0.322 e. The number of amides is 1. The van der Waals surface area contributed by atoms with E-state index in [1.165, 1.54) is 4.31 Å². The summed E-state index contributed by atoms with van der Waals surface area (Å²) in [4.78, 5) is 12.3. The topological polar surface area (TPSA) is 66.5 Å². The Morgan fingerprint density at radius 3 is 2.76 bits per heavy atom. The van der Waals surface area contributed by atoms with Crippen molar-refractivity contribution in [3.05, 3.63) is 58.6 Å². The van der Waals surface area contributed by atoms with Crippen molar-refractivity contribution in [1.29, 1.82) is 0 Å². The van der Waals surface area contributed by atoms with Crippen LogP contribution < -0.4 is 9.62 Å². The molecule has 0 aromatic heterocycles. The highest BCUT2D eigenvalue weighted by molar-refractivity contribution is 7.92. The van der Waals surface area contributed by atoms with E-state index < -0.39 is 10.0 Å². The summed E-state index contributed by atoms with van der Waals surface area (Å²) in [6, 6.07) is 12.0. The first-order valence-corrected chi connectivity index (χ1v) is 10.1. The van der Waals surface area contributed by atoms with E-state index in [1.807, 2.05) is 6.07 Å². The van der Waals surface area contributed by atoms with E-state index >= 15 is 0 Å². The molecule has 0 radical (unpaired) electrons. The number of carbonyl (C=O) groups is 1. The molecule has 3 rings (SSSR count). The normalized spacial score (nSPS) is 14.1. The summed E-state index contributed by atoms with van der Waals surface area (Å²) in [7, 11) is -3.29. The summed E-state index contributed by atoms with van der Waals surface area (Å²) in [6.45, 7) is 2.14. The number of rotatable bonds is 4. The number of hydrogen-bond donors (Lipinski definition) is 1. The molecule has 1 heterocycles. The van der Waals surface area contributed by atoms with Gasteiger partial charge >= 0.3 is 0 Å². The molecule has 0 saturated heterocycles. The van der Waals surface area contributed by atoms with Crippen LogP contribution in [0.4, 0.5) is 11.4 Å². The fraction of sp³-hybridized carbons (Fsp3) is 0.278. The van der Waals surface area contributed by atoms with Crippen LogP contribution in [-0.4, -0.2) is 26.6 Å². The van der Waals surface area contributed by atoms with E-state index in [4.69, 9.17) is 11.6 Å². The lowest BCUT2D eigenvalue weighted by atomic mass is 10.0. The van der Waals surface area contributed by atoms with Crippen LogP contribution in [0.3, 0.4) is 0 Å². The minimum absolute atomic E-state index is 0.0691. The van der Waals surface area contributed by atoms with Gasteiger partial charge in [-0.1, -0.05) is 17.7 Å². The molecule has 1 aliphatic rings. The van der Waals surface area contributed by atoms with Gasteiger partial charge in [0, 0.05) is 22.8 Å². The Morgan fingerprint density at radius 2 is 2.04 bits per heavy atom. The number of anilines is 2. The van der Waals surface area contributed by atoms with Crippen LogP contribution in [0.5, 0.6) is 0 Å². The van der Waals surface area contributed by atoms with Gasteiger partial charge in [0.1, 0.15) is 0 Å². The quantitative estimate of drug-likeness (QED) is 0.882. The van der Waals surface area contributed by atoms with Gasteiger partial charge in [-0.05, 0) is 61.7 Å². The molecule has 1 N–H and O–H groups in total. The summed E-state index contributed by atoms with van der Waals surface area (Å²) in [5.41, 5.74) is 2.74.